The Hall–Kier alpha value is -1.99. The van der Waals surface area contributed by atoms with Gasteiger partial charge in [0.15, 0.2) is 0 Å². The maximum Gasteiger partial charge on any atom is 0.139 e. The zero-order valence-electron chi connectivity index (χ0n) is 21.7. The molecule has 6 heteroatoms. The number of piperidine rings is 1. The zero-order valence-corrected chi connectivity index (χ0v) is 22.7. The van der Waals surface area contributed by atoms with E-state index in [0.29, 0.717) is 19.3 Å². The van der Waals surface area contributed by atoms with Crippen molar-refractivity contribution in [2.24, 2.45) is 0 Å². The minimum atomic E-state index is -1.08. The van der Waals surface area contributed by atoms with E-state index in [0.717, 1.165) is 44.7 Å². The summed E-state index contributed by atoms with van der Waals surface area (Å²) in [6.45, 7) is 11.9. The van der Waals surface area contributed by atoms with Crippen LogP contribution in [0.15, 0.2) is 48.7 Å². The van der Waals surface area contributed by atoms with Gasteiger partial charge in [-0.3, -0.25) is 0 Å². The monoisotopic (exact) mass is 491 g/mol. The number of rotatable bonds is 11. The van der Waals surface area contributed by atoms with Crippen LogP contribution in [0.2, 0.25) is 25.7 Å². The van der Waals surface area contributed by atoms with E-state index in [2.05, 4.69) is 73.6 Å². The first-order chi connectivity index (χ1) is 16.9. The van der Waals surface area contributed by atoms with Crippen molar-refractivity contribution in [3.8, 4) is 0 Å². The molecule has 189 valence electrons. The van der Waals surface area contributed by atoms with E-state index >= 15 is 0 Å². The molecule has 2 aliphatic rings. The van der Waals surface area contributed by atoms with Gasteiger partial charge >= 0.3 is 0 Å². The van der Waals surface area contributed by atoms with Crippen LogP contribution in [0.3, 0.4) is 0 Å². The minimum absolute atomic E-state index is 0.0866. The minimum Gasteiger partial charge on any atom is -0.376 e. The highest BCUT2D eigenvalue weighted by Gasteiger charge is 2.34. The van der Waals surface area contributed by atoms with Gasteiger partial charge in [-0.15, -0.1) is 14.1 Å². The number of fused-ring (bicyclic) bond motifs is 1. The SMILES string of the molecule is C[Si-](C)(C)CCOCn1cc2cc(C3CC3)cc(COCC3(c4ccccc4)CCNCC3)c2n1. The van der Waals surface area contributed by atoms with Crippen LogP contribution in [-0.4, -0.2) is 44.2 Å². The average Bonchev–Trinajstić information content (AvgIpc) is 3.62. The Balaban J connectivity index is 1.31. The third kappa shape index (κ3) is 6.23. The average molecular weight is 492 g/mol. The Kier molecular flexibility index (Phi) is 7.44. The van der Waals surface area contributed by atoms with Crippen molar-refractivity contribution in [3.05, 3.63) is 65.4 Å². The van der Waals surface area contributed by atoms with Crippen molar-refractivity contribution >= 4 is 19.0 Å². The second-order valence-electron chi connectivity index (χ2n) is 11.8. The molecule has 0 atom stereocenters. The molecule has 2 aromatic carbocycles. The van der Waals surface area contributed by atoms with Crippen LogP contribution >= 0.6 is 0 Å². The smallest absolute Gasteiger partial charge is 0.139 e. The summed E-state index contributed by atoms with van der Waals surface area (Å²) >= 11 is 0. The van der Waals surface area contributed by atoms with Crippen LogP contribution in [0.25, 0.3) is 10.9 Å². The van der Waals surface area contributed by atoms with E-state index in [9.17, 15) is 0 Å². The lowest BCUT2D eigenvalue weighted by molar-refractivity contribution is 0.0568. The fourth-order valence-electron chi connectivity index (χ4n) is 5.22. The number of hydrogen-bond donors (Lipinski definition) is 1. The molecule has 0 radical (unpaired) electrons. The summed E-state index contributed by atoms with van der Waals surface area (Å²) in [7, 11) is -1.08. The first kappa shape index (κ1) is 24.7. The first-order valence-electron chi connectivity index (χ1n) is 13.3. The molecular weight excluding hydrogens is 450 g/mol. The highest BCUT2D eigenvalue weighted by Crippen LogP contribution is 2.42. The van der Waals surface area contributed by atoms with Crippen molar-refractivity contribution in [2.75, 3.05) is 26.3 Å². The summed E-state index contributed by atoms with van der Waals surface area (Å²) < 4.78 is 14.5. The molecular formula is C29H41N3O2Si-. The summed E-state index contributed by atoms with van der Waals surface area (Å²) in [6, 6.07) is 16.8. The second-order valence-corrected chi connectivity index (χ2v) is 17.4. The van der Waals surface area contributed by atoms with Crippen LogP contribution < -0.4 is 5.32 Å². The molecule has 1 aliphatic carbocycles. The molecule has 2 heterocycles. The Morgan fingerprint density at radius 3 is 2.54 bits per heavy atom. The van der Waals surface area contributed by atoms with E-state index in [-0.39, 0.29) is 5.41 Å². The van der Waals surface area contributed by atoms with E-state index in [1.165, 1.54) is 41.0 Å². The predicted octanol–water partition coefficient (Wildman–Crippen LogP) is 6.06. The predicted molar refractivity (Wildman–Crippen MR) is 146 cm³/mol. The van der Waals surface area contributed by atoms with E-state index in [4.69, 9.17) is 14.6 Å². The molecule has 3 aromatic rings. The number of nitrogens with zero attached hydrogens (tertiary/aromatic N) is 2. The Bertz CT molecular complexity index is 1110. The number of nitrogens with one attached hydrogen (secondary N) is 1. The number of ether oxygens (including phenoxy) is 2. The molecule has 2 fully saturated rings. The summed E-state index contributed by atoms with van der Waals surface area (Å²) in [6.07, 6.45) is 6.96. The standard InChI is InChI=1S/C29H41N3O2Si/c1-35(2,3)16-15-33-22-32-19-25-17-24(23-9-10-23)18-26(28(25)31-32)20-34-21-29(11-13-30-14-12-29)27-7-5-4-6-8-27/h4-8,17-19,23,30H,9-16,20-22H2,1-3H3/q-1. The van der Waals surface area contributed by atoms with E-state index in [1.807, 2.05) is 4.68 Å². The molecule has 1 aliphatic heterocycles. The van der Waals surface area contributed by atoms with Gasteiger partial charge in [-0.2, -0.15) is 24.7 Å². The fraction of sp³-hybridized carbons (Fsp3) is 0.552. The zero-order chi connectivity index (χ0) is 24.3. The second kappa shape index (κ2) is 10.6. The molecule has 1 saturated heterocycles. The van der Waals surface area contributed by atoms with Crippen molar-refractivity contribution < 1.29 is 9.47 Å². The summed E-state index contributed by atoms with van der Waals surface area (Å²) in [5.41, 5.74) is 5.20. The molecule has 0 unspecified atom stereocenters. The summed E-state index contributed by atoms with van der Waals surface area (Å²) in [5.74, 6) is 0.703. The van der Waals surface area contributed by atoms with Crippen molar-refractivity contribution in [3.63, 3.8) is 0 Å². The number of hydrogen-bond acceptors (Lipinski definition) is 4. The number of aromatic nitrogens is 2. The van der Waals surface area contributed by atoms with Crippen molar-refractivity contribution in [1.29, 1.82) is 0 Å². The van der Waals surface area contributed by atoms with Gasteiger partial charge in [-0.05, 0) is 61.9 Å². The maximum atomic E-state index is 6.52. The third-order valence-electron chi connectivity index (χ3n) is 7.61. The summed E-state index contributed by atoms with van der Waals surface area (Å²) in [5, 5.41) is 9.65. The van der Waals surface area contributed by atoms with Gasteiger partial charge in [0.1, 0.15) is 6.73 Å². The molecule has 5 rings (SSSR count). The number of benzene rings is 2. The van der Waals surface area contributed by atoms with Gasteiger partial charge in [-0.1, -0.05) is 36.4 Å². The molecule has 0 spiro atoms. The van der Waals surface area contributed by atoms with Crippen molar-refractivity contribution in [1.82, 2.24) is 15.1 Å². The van der Waals surface area contributed by atoms with E-state index in [1.54, 1.807) is 0 Å². The Morgan fingerprint density at radius 2 is 1.83 bits per heavy atom. The van der Waals surface area contributed by atoms with Crippen LogP contribution in [0, 0.1) is 0 Å². The largest absolute Gasteiger partial charge is 0.376 e. The molecule has 0 bridgehead atoms. The molecule has 5 nitrogen and oxygen atoms in total. The molecule has 1 saturated carbocycles. The Morgan fingerprint density at radius 1 is 1.06 bits per heavy atom. The van der Waals surface area contributed by atoms with Gasteiger partial charge in [0.2, 0.25) is 0 Å². The van der Waals surface area contributed by atoms with Gasteiger partial charge in [0.05, 0.1) is 18.7 Å². The quantitative estimate of drug-likeness (QED) is 0.261. The lowest BCUT2D eigenvalue weighted by Crippen LogP contribution is -2.43. The molecule has 1 aromatic heterocycles. The molecule has 0 amide bonds. The highest BCUT2D eigenvalue weighted by atomic mass is 28.3. The topological polar surface area (TPSA) is 48.3 Å². The van der Waals surface area contributed by atoms with Crippen LogP contribution in [-0.2, 0) is 28.2 Å². The fourth-order valence-corrected chi connectivity index (χ4v) is 5.97. The van der Waals surface area contributed by atoms with Gasteiger partial charge in [-0.25, -0.2) is 4.68 Å². The first-order valence-corrected chi connectivity index (χ1v) is 17.0. The Labute approximate surface area is 211 Å². The lowest BCUT2D eigenvalue weighted by atomic mass is 9.74. The van der Waals surface area contributed by atoms with Crippen LogP contribution in [0.1, 0.15) is 48.3 Å². The summed E-state index contributed by atoms with van der Waals surface area (Å²) in [4.78, 5) is 0. The molecule has 35 heavy (non-hydrogen) atoms. The maximum absolute atomic E-state index is 6.52. The van der Waals surface area contributed by atoms with Gasteiger partial charge < -0.3 is 14.8 Å². The van der Waals surface area contributed by atoms with Crippen molar-refractivity contribution in [2.45, 2.75) is 76.0 Å². The van der Waals surface area contributed by atoms with Gasteiger partial charge in [0.25, 0.3) is 0 Å². The molecule has 1 N–H and O–H groups in total. The van der Waals surface area contributed by atoms with E-state index < -0.39 is 8.07 Å². The van der Waals surface area contributed by atoms with Gasteiger partial charge in [0, 0.05) is 29.2 Å². The normalized spacial score (nSPS) is 18.3. The lowest BCUT2D eigenvalue weighted by Gasteiger charge is -2.38. The third-order valence-corrected chi connectivity index (χ3v) is 9.31. The highest BCUT2D eigenvalue weighted by molar-refractivity contribution is 6.76. The van der Waals surface area contributed by atoms with Crippen LogP contribution in [0.5, 0.6) is 0 Å². The van der Waals surface area contributed by atoms with Crippen LogP contribution in [0.4, 0.5) is 0 Å².